The largest absolute Gasteiger partial charge is 0.330 e. The van der Waals surface area contributed by atoms with Gasteiger partial charge in [0.15, 0.2) is 0 Å². The SMILES string of the molecule is CC(C)N(CCCN)CCCCc1ccccc1. The van der Waals surface area contributed by atoms with E-state index >= 15 is 0 Å². The average Bonchev–Trinajstić information content (AvgIpc) is 2.38. The molecule has 0 aliphatic heterocycles. The van der Waals surface area contributed by atoms with Gasteiger partial charge in [-0.05, 0) is 64.7 Å². The zero-order valence-corrected chi connectivity index (χ0v) is 11.9. The first-order chi connectivity index (χ1) is 8.74. The van der Waals surface area contributed by atoms with Gasteiger partial charge in [0, 0.05) is 6.04 Å². The first-order valence-electron chi connectivity index (χ1n) is 7.22. The van der Waals surface area contributed by atoms with Crippen LogP contribution in [-0.2, 0) is 6.42 Å². The Balaban J connectivity index is 2.18. The third kappa shape index (κ3) is 6.18. The number of rotatable bonds is 9. The molecule has 1 rings (SSSR count). The summed E-state index contributed by atoms with van der Waals surface area (Å²) in [5.41, 5.74) is 7.04. The molecule has 0 bridgehead atoms. The minimum absolute atomic E-state index is 0.633. The lowest BCUT2D eigenvalue weighted by Crippen LogP contribution is -2.33. The molecule has 0 heterocycles. The van der Waals surface area contributed by atoms with Gasteiger partial charge in [-0.1, -0.05) is 30.3 Å². The fourth-order valence-electron chi connectivity index (χ4n) is 2.21. The fourth-order valence-corrected chi connectivity index (χ4v) is 2.21. The molecule has 0 aliphatic carbocycles. The minimum atomic E-state index is 0.633. The maximum absolute atomic E-state index is 5.58. The van der Waals surface area contributed by atoms with Crippen LogP contribution in [0.25, 0.3) is 0 Å². The molecule has 0 amide bonds. The standard InChI is InChI=1S/C16H28N2/c1-15(2)18(14-8-12-17)13-7-6-11-16-9-4-3-5-10-16/h3-5,9-10,15H,6-8,11-14,17H2,1-2H3. The molecule has 0 saturated heterocycles. The van der Waals surface area contributed by atoms with Gasteiger partial charge in [0.25, 0.3) is 0 Å². The summed E-state index contributed by atoms with van der Waals surface area (Å²) in [6.45, 7) is 7.68. The molecule has 0 aliphatic rings. The molecule has 0 unspecified atom stereocenters. The third-order valence-corrected chi connectivity index (χ3v) is 3.38. The molecule has 102 valence electrons. The van der Waals surface area contributed by atoms with Crippen LogP contribution in [0.3, 0.4) is 0 Å². The Labute approximate surface area is 112 Å². The second-order valence-electron chi connectivity index (χ2n) is 5.21. The van der Waals surface area contributed by atoms with E-state index in [4.69, 9.17) is 5.73 Å². The lowest BCUT2D eigenvalue weighted by atomic mass is 10.1. The van der Waals surface area contributed by atoms with Crippen LogP contribution in [-0.4, -0.2) is 30.6 Å². The van der Waals surface area contributed by atoms with Crippen LogP contribution in [0, 0.1) is 0 Å². The van der Waals surface area contributed by atoms with Crippen molar-refractivity contribution in [1.82, 2.24) is 4.90 Å². The molecule has 1 aromatic carbocycles. The van der Waals surface area contributed by atoms with Gasteiger partial charge < -0.3 is 10.6 Å². The maximum Gasteiger partial charge on any atom is 0.00385 e. The summed E-state index contributed by atoms with van der Waals surface area (Å²) in [4.78, 5) is 2.54. The number of nitrogens with zero attached hydrogens (tertiary/aromatic N) is 1. The molecule has 0 aromatic heterocycles. The number of nitrogens with two attached hydrogens (primary N) is 1. The van der Waals surface area contributed by atoms with E-state index in [1.807, 2.05) is 0 Å². The zero-order valence-electron chi connectivity index (χ0n) is 11.9. The van der Waals surface area contributed by atoms with Crippen molar-refractivity contribution in [2.45, 2.75) is 45.6 Å². The van der Waals surface area contributed by atoms with Crippen LogP contribution in [0.1, 0.15) is 38.7 Å². The molecule has 0 atom stereocenters. The van der Waals surface area contributed by atoms with Crippen LogP contribution in [0.2, 0.25) is 0 Å². The Bertz CT molecular complexity index is 295. The van der Waals surface area contributed by atoms with Crippen molar-refractivity contribution in [1.29, 1.82) is 0 Å². The van der Waals surface area contributed by atoms with Crippen LogP contribution in [0.15, 0.2) is 30.3 Å². The Hall–Kier alpha value is -0.860. The molecule has 0 fully saturated rings. The van der Waals surface area contributed by atoms with E-state index in [0.717, 1.165) is 19.5 Å². The Morgan fingerprint density at radius 3 is 2.28 bits per heavy atom. The molecule has 2 nitrogen and oxygen atoms in total. The molecule has 2 heteroatoms. The van der Waals surface area contributed by atoms with Gasteiger partial charge in [0.05, 0.1) is 0 Å². The van der Waals surface area contributed by atoms with Crippen molar-refractivity contribution in [2.24, 2.45) is 5.73 Å². The first-order valence-corrected chi connectivity index (χ1v) is 7.22. The van der Waals surface area contributed by atoms with E-state index in [-0.39, 0.29) is 0 Å². The molecule has 0 radical (unpaired) electrons. The first kappa shape index (κ1) is 15.2. The van der Waals surface area contributed by atoms with Crippen molar-refractivity contribution in [3.05, 3.63) is 35.9 Å². The number of hydrogen-bond donors (Lipinski definition) is 1. The quantitative estimate of drug-likeness (QED) is 0.681. The minimum Gasteiger partial charge on any atom is -0.330 e. The monoisotopic (exact) mass is 248 g/mol. The highest BCUT2D eigenvalue weighted by Crippen LogP contribution is 2.07. The zero-order chi connectivity index (χ0) is 13.2. The lowest BCUT2D eigenvalue weighted by molar-refractivity contribution is 0.216. The fraction of sp³-hybridized carbons (Fsp3) is 0.625. The maximum atomic E-state index is 5.58. The van der Waals surface area contributed by atoms with Crippen LogP contribution >= 0.6 is 0 Å². The van der Waals surface area contributed by atoms with E-state index in [2.05, 4.69) is 49.1 Å². The second-order valence-corrected chi connectivity index (χ2v) is 5.21. The highest BCUT2D eigenvalue weighted by molar-refractivity contribution is 5.14. The average molecular weight is 248 g/mol. The summed E-state index contributed by atoms with van der Waals surface area (Å²) in [5.74, 6) is 0. The smallest absolute Gasteiger partial charge is 0.00385 e. The molecule has 1 aromatic rings. The summed E-state index contributed by atoms with van der Waals surface area (Å²) >= 11 is 0. The number of aryl methyl sites for hydroxylation is 1. The molecule has 0 spiro atoms. The van der Waals surface area contributed by atoms with Gasteiger partial charge in [0.1, 0.15) is 0 Å². The number of hydrogen-bond acceptors (Lipinski definition) is 2. The van der Waals surface area contributed by atoms with Crippen LogP contribution in [0.4, 0.5) is 0 Å². The highest BCUT2D eigenvalue weighted by Gasteiger charge is 2.07. The van der Waals surface area contributed by atoms with E-state index in [9.17, 15) is 0 Å². The van der Waals surface area contributed by atoms with Gasteiger partial charge >= 0.3 is 0 Å². The summed E-state index contributed by atoms with van der Waals surface area (Å²) in [7, 11) is 0. The van der Waals surface area contributed by atoms with E-state index in [1.54, 1.807) is 0 Å². The van der Waals surface area contributed by atoms with Crippen LogP contribution < -0.4 is 5.73 Å². The Morgan fingerprint density at radius 1 is 1.00 bits per heavy atom. The van der Waals surface area contributed by atoms with Gasteiger partial charge in [-0.2, -0.15) is 0 Å². The van der Waals surface area contributed by atoms with Gasteiger partial charge in [0.2, 0.25) is 0 Å². The lowest BCUT2D eigenvalue weighted by Gasteiger charge is -2.26. The van der Waals surface area contributed by atoms with Gasteiger partial charge in [-0.15, -0.1) is 0 Å². The Kier molecular flexibility index (Phi) is 7.70. The molecular formula is C16H28N2. The second kappa shape index (κ2) is 9.12. The molecule has 0 saturated carbocycles. The molecular weight excluding hydrogens is 220 g/mol. The summed E-state index contributed by atoms with van der Waals surface area (Å²) in [6.07, 6.45) is 4.86. The van der Waals surface area contributed by atoms with Crippen molar-refractivity contribution in [3.8, 4) is 0 Å². The summed E-state index contributed by atoms with van der Waals surface area (Å²) < 4.78 is 0. The van der Waals surface area contributed by atoms with E-state index in [1.165, 1.54) is 31.4 Å². The van der Waals surface area contributed by atoms with Crippen LogP contribution in [0.5, 0.6) is 0 Å². The van der Waals surface area contributed by atoms with E-state index in [0.29, 0.717) is 6.04 Å². The van der Waals surface area contributed by atoms with Crippen molar-refractivity contribution in [3.63, 3.8) is 0 Å². The van der Waals surface area contributed by atoms with Crippen molar-refractivity contribution >= 4 is 0 Å². The molecule has 2 N–H and O–H groups in total. The summed E-state index contributed by atoms with van der Waals surface area (Å²) in [6, 6.07) is 11.4. The van der Waals surface area contributed by atoms with E-state index < -0.39 is 0 Å². The predicted molar refractivity (Wildman–Crippen MR) is 79.8 cm³/mol. The Morgan fingerprint density at radius 2 is 1.67 bits per heavy atom. The molecule has 18 heavy (non-hydrogen) atoms. The predicted octanol–water partition coefficient (Wildman–Crippen LogP) is 3.07. The number of benzene rings is 1. The van der Waals surface area contributed by atoms with Crippen molar-refractivity contribution < 1.29 is 0 Å². The van der Waals surface area contributed by atoms with Crippen molar-refractivity contribution in [2.75, 3.05) is 19.6 Å². The van der Waals surface area contributed by atoms with Gasteiger partial charge in [-0.25, -0.2) is 0 Å². The topological polar surface area (TPSA) is 29.3 Å². The highest BCUT2D eigenvalue weighted by atomic mass is 15.1. The van der Waals surface area contributed by atoms with Gasteiger partial charge in [-0.3, -0.25) is 0 Å². The normalized spacial score (nSPS) is 11.4. The number of unbranched alkanes of at least 4 members (excludes halogenated alkanes) is 1. The summed E-state index contributed by atoms with van der Waals surface area (Å²) in [5, 5.41) is 0. The third-order valence-electron chi connectivity index (χ3n) is 3.38.